The molecule has 190 valence electrons. The van der Waals surface area contributed by atoms with E-state index >= 15 is 0 Å². The molecule has 0 atom stereocenters. The Bertz CT molecular complexity index is 1510. The lowest BCUT2D eigenvalue weighted by Crippen LogP contribution is -2.15. The second-order valence-electron chi connectivity index (χ2n) is 7.61. The Hall–Kier alpha value is -5.00. The summed E-state index contributed by atoms with van der Waals surface area (Å²) in [5, 5.41) is 7.93. The van der Waals surface area contributed by atoms with Crippen molar-refractivity contribution >= 4 is 45.8 Å². The third-order valence-electron chi connectivity index (χ3n) is 5.25. The molecule has 0 fully saturated rings. The number of hydrogen-bond donors (Lipinski definition) is 3. The molecule has 0 saturated heterocycles. The second-order valence-corrected chi connectivity index (χ2v) is 7.61. The quantitative estimate of drug-likeness (QED) is 0.285. The first kappa shape index (κ1) is 25.1. The number of rotatable bonds is 8. The molecule has 10 nitrogen and oxygen atoms in total. The summed E-state index contributed by atoms with van der Waals surface area (Å²) < 4.78 is 44.4. The van der Waals surface area contributed by atoms with E-state index in [-0.39, 0.29) is 28.5 Å². The minimum Gasteiger partial charge on any atom is -0.493 e. The summed E-state index contributed by atoms with van der Waals surface area (Å²) in [7, 11) is 2.38. The average Bonchev–Trinajstić information content (AvgIpc) is 3.32. The monoisotopic (exact) mass is 509 g/mol. The summed E-state index contributed by atoms with van der Waals surface area (Å²) in [4.78, 5) is 32.9. The van der Waals surface area contributed by atoms with Gasteiger partial charge in [0, 0.05) is 12.1 Å². The second kappa shape index (κ2) is 10.3. The molecular weight excluding hydrogens is 488 g/mol. The van der Waals surface area contributed by atoms with Crippen molar-refractivity contribution in [3.63, 3.8) is 0 Å². The van der Waals surface area contributed by atoms with Crippen molar-refractivity contribution in [1.82, 2.24) is 9.97 Å². The van der Waals surface area contributed by atoms with E-state index in [1.165, 1.54) is 26.5 Å². The smallest absolute Gasteiger partial charge is 0.311 e. The summed E-state index contributed by atoms with van der Waals surface area (Å²) in [6.45, 7) is 5.29. The lowest BCUT2D eigenvalue weighted by atomic mass is 10.1. The highest BCUT2D eigenvalue weighted by atomic mass is 19.1. The summed E-state index contributed by atoms with van der Waals surface area (Å²) in [6.07, 6.45) is 2.48. The molecule has 2 aromatic heterocycles. The molecule has 0 radical (unpaired) electrons. The van der Waals surface area contributed by atoms with Gasteiger partial charge in [0.2, 0.25) is 5.91 Å². The van der Waals surface area contributed by atoms with Crippen LogP contribution in [0.15, 0.2) is 53.6 Å². The number of oxazole rings is 1. The number of pyridine rings is 1. The topological polar surface area (TPSA) is 128 Å². The number of carbonyl (C=O) groups excluding carboxylic acids is 2. The number of ether oxygens (including phenoxy) is 2. The number of fused-ring (bicyclic) bond motifs is 1. The van der Waals surface area contributed by atoms with E-state index in [0.717, 1.165) is 17.7 Å². The summed E-state index contributed by atoms with van der Waals surface area (Å²) in [5.41, 5.74) is 1.54. The van der Waals surface area contributed by atoms with Gasteiger partial charge in [-0.25, -0.2) is 18.7 Å². The van der Waals surface area contributed by atoms with Gasteiger partial charge in [0.15, 0.2) is 28.7 Å². The number of hydrogen-bond acceptors (Lipinski definition) is 8. The van der Waals surface area contributed by atoms with Gasteiger partial charge < -0.3 is 29.8 Å². The number of halogens is 2. The first-order valence-electron chi connectivity index (χ1n) is 10.7. The maximum atomic E-state index is 14.6. The maximum absolute atomic E-state index is 14.6. The van der Waals surface area contributed by atoms with Crippen LogP contribution in [0.1, 0.15) is 16.2 Å². The van der Waals surface area contributed by atoms with E-state index in [1.807, 2.05) is 13.0 Å². The van der Waals surface area contributed by atoms with Crippen LogP contribution in [-0.2, 0) is 4.79 Å². The Morgan fingerprint density at radius 3 is 2.41 bits per heavy atom. The number of amides is 2. The molecule has 0 unspecified atom stereocenters. The average molecular weight is 509 g/mol. The molecule has 37 heavy (non-hydrogen) atoms. The van der Waals surface area contributed by atoms with E-state index < -0.39 is 29.1 Å². The van der Waals surface area contributed by atoms with Gasteiger partial charge in [-0.15, -0.1) is 0 Å². The number of anilines is 4. The predicted octanol–water partition coefficient (Wildman–Crippen LogP) is 4.95. The van der Waals surface area contributed by atoms with Crippen molar-refractivity contribution in [1.29, 1.82) is 0 Å². The van der Waals surface area contributed by atoms with Crippen LogP contribution in [0.3, 0.4) is 0 Å². The van der Waals surface area contributed by atoms with Crippen LogP contribution in [0.2, 0.25) is 0 Å². The lowest BCUT2D eigenvalue weighted by Gasteiger charge is -2.14. The molecule has 0 bridgehead atoms. The molecule has 0 aliphatic carbocycles. The summed E-state index contributed by atoms with van der Waals surface area (Å²) in [6, 6.07) is 7.86. The van der Waals surface area contributed by atoms with Crippen molar-refractivity contribution in [2.75, 3.05) is 30.2 Å². The number of nitrogens with zero attached hydrogens (tertiary/aromatic N) is 2. The van der Waals surface area contributed by atoms with Gasteiger partial charge in [0.1, 0.15) is 17.0 Å². The largest absolute Gasteiger partial charge is 0.493 e. The highest BCUT2D eigenvalue weighted by Gasteiger charge is 2.24. The van der Waals surface area contributed by atoms with Gasteiger partial charge in [-0.3, -0.25) is 9.59 Å². The highest BCUT2D eigenvalue weighted by Crippen LogP contribution is 2.35. The van der Waals surface area contributed by atoms with E-state index in [9.17, 15) is 18.4 Å². The van der Waals surface area contributed by atoms with Gasteiger partial charge >= 0.3 is 5.91 Å². The molecule has 0 aliphatic rings. The highest BCUT2D eigenvalue weighted by molar-refractivity contribution is 6.03. The summed E-state index contributed by atoms with van der Waals surface area (Å²) in [5.74, 6) is -4.42. The minimum absolute atomic E-state index is 0.157. The molecule has 2 amide bonds. The van der Waals surface area contributed by atoms with Gasteiger partial charge in [-0.05, 0) is 24.6 Å². The number of aromatic nitrogens is 2. The fourth-order valence-corrected chi connectivity index (χ4v) is 3.41. The lowest BCUT2D eigenvalue weighted by molar-refractivity contribution is -0.111. The van der Waals surface area contributed by atoms with Gasteiger partial charge in [0.05, 0.1) is 31.8 Å². The molecule has 0 spiro atoms. The summed E-state index contributed by atoms with van der Waals surface area (Å²) >= 11 is 0. The maximum Gasteiger partial charge on any atom is 0.311 e. The molecular formula is C25H21F2N5O5. The van der Waals surface area contributed by atoms with E-state index in [1.54, 1.807) is 12.1 Å². The Labute approximate surface area is 209 Å². The number of benzene rings is 2. The third-order valence-corrected chi connectivity index (χ3v) is 5.25. The van der Waals surface area contributed by atoms with Crippen LogP contribution in [0.4, 0.5) is 31.7 Å². The third kappa shape index (κ3) is 5.03. The van der Waals surface area contributed by atoms with Crippen molar-refractivity contribution in [3.05, 3.63) is 72.3 Å². The van der Waals surface area contributed by atoms with E-state index in [0.29, 0.717) is 17.2 Å². The van der Waals surface area contributed by atoms with Crippen molar-refractivity contribution < 1.29 is 32.3 Å². The number of carbonyl (C=O) groups is 2. The first-order valence-corrected chi connectivity index (χ1v) is 10.7. The molecule has 3 N–H and O–H groups in total. The van der Waals surface area contributed by atoms with E-state index in [4.69, 9.17) is 13.9 Å². The van der Waals surface area contributed by atoms with Crippen LogP contribution in [0, 0.1) is 18.6 Å². The predicted molar refractivity (Wildman–Crippen MR) is 133 cm³/mol. The van der Waals surface area contributed by atoms with Gasteiger partial charge in [0.25, 0.3) is 5.89 Å². The molecule has 2 heterocycles. The number of nitrogens with one attached hydrogen (secondary N) is 3. The zero-order valence-electron chi connectivity index (χ0n) is 19.9. The molecule has 12 heteroatoms. The SMILES string of the molecule is C=CC(=O)Nc1cccc(C)c1Nc1cc2nc(C(=O)Nc3c(F)c(OC)cc(OC)c3F)oc2cn1. The zero-order chi connectivity index (χ0) is 26.7. The normalized spacial score (nSPS) is 10.6. The Balaban J connectivity index is 1.62. The molecule has 4 aromatic rings. The molecule has 4 rings (SSSR count). The molecule has 0 saturated carbocycles. The minimum atomic E-state index is -1.13. The van der Waals surface area contributed by atoms with Crippen LogP contribution in [-0.4, -0.2) is 36.0 Å². The molecule has 2 aromatic carbocycles. The first-order chi connectivity index (χ1) is 17.7. The fraction of sp³-hybridized carbons (Fsp3) is 0.120. The van der Waals surface area contributed by atoms with E-state index in [2.05, 4.69) is 32.5 Å². The van der Waals surface area contributed by atoms with Crippen LogP contribution >= 0.6 is 0 Å². The Morgan fingerprint density at radius 2 is 1.76 bits per heavy atom. The van der Waals surface area contributed by atoms with Crippen LogP contribution < -0.4 is 25.4 Å². The number of para-hydroxylation sites is 1. The Morgan fingerprint density at radius 1 is 1.05 bits per heavy atom. The fourth-order valence-electron chi connectivity index (χ4n) is 3.41. The standard InChI is InChI=1S/C25H21F2N5O5/c1-5-19(33)29-13-8-6-7-12(2)22(13)31-18-9-14-17(11-28-18)37-25(30-14)24(34)32-23-20(26)15(35-3)10-16(36-4)21(23)27/h5-11H,1H2,2-4H3,(H,28,31)(H,29,33)(H,32,34). The Kier molecular flexibility index (Phi) is 7.00. The van der Waals surface area contributed by atoms with Crippen LogP contribution in [0.5, 0.6) is 11.5 Å². The van der Waals surface area contributed by atoms with Crippen molar-refractivity contribution in [3.8, 4) is 11.5 Å². The van der Waals surface area contributed by atoms with Gasteiger partial charge in [-0.2, -0.15) is 0 Å². The van der Waals surface area contributed by atoms with Crippen molar-refractivity contribution in [2.45, 2.75) is 6.92 Å². The number of methoxy groups -OCH3 is 2. The van der Waals surface area contributed by atoms with Gasteiger partial charge in [-0.1, -0.05) is 18.7 Å². The molecule has 0 aliphatic heterocycles. The zero-order valence-corrected chi connectivity index (χ0v) is 19.9. The van der Waals surface area contributed by atoms with Crippen molar-refractivity contribution in [2.24, 2.45) is 0 Å². The number of aryl methyl sites for hydroxylation is 1. The van der Waals surface area contributed by atoms with Crippen LogP contribution in [0.25, 0.3) is 11.1 Å².